The lowest BCUT2D eigenvalue weighted by Crippen LogP contribution is -2.34. The van der Waals surface area contributed by atoms with Crippen LogP contribution in [-0.4, -0.2) is 25.6 Å². The topological polar surface area (TPSA) is 29.5 Å². The summed E-state index contributed by atoms with van der Waals surface area (Å²) >= 11 is 0. The molecular weight excluding hydrogens is 192 g/mol. The van der Waals surface area contributed by atoms with Gasteiger partial charge in [-0.25, -0.2) is 0 Å². The van der Waals surface area contributed by atoms with Crippen LogP contribution in [0, 0.1) is 11.8 Å². The standard InChI is InChI=1S/C11H24O2Si/c1-8(2)10-9(7-12)14(5,6)13-11(10,3)4/h8-10,12H,7H2,1-6H3/t9-,10-/m0/s1. The van der Waals surface area contributed by atoms with Gasteiger partial charge in [0.25, 0.3) is 0 Å². The van der Waals surface area contributed by atoms with Gasteiger partial charge in [0.2, 0.25) is 0 Å². The van der Waals surface area contributed by atoms with Crippen LogP contribution in [0.4, 0.5) is 0 Å². The molecule has 0 saturated carbocycles. The second-order valence-electron chi connectivity index (χ2n) is 5.87. The van der Waals surface area contributed by atoms with E-state index < -0.39 is 8.32 Å². The van der Waals surface area contributed by atoms with Gasteiger partial charge in [-0.15, -0.1) is 0 Å². The largest absolute Gasteiger partial charge is 0.412 e. The van der Waals surface area contributed by atoms with Crippen molar-refractivity contribution in [3.05, 3.63) is 0 Å². The van der Waals surface area contributed by atoms with Crippen LogP contribution >= 0.6 is 0 Å². The van der Waals surface area contributed by atoms with E-state index in [0.717, 1.165) is 0 Å². The molecule has 0 aromatic carbocycles. The fourth-order valence-electron chi connectivity index (χ4n) is 3.34. The van der Waals surface area contributed by atoms with Gasteiger partial charge < -0.3 is 9.53 Å². The zero-order valence-electron chi connectivity index (χ0n) is 10.3. The first-order valence-electron chi connectivity index (χ1n) is 5.53. The smallest absolute Gasteiger partial charge is 0.193 e. The van der Waals surface area contributed by atoms with Crippen molar-refractivity contribution in [2.24, 2.45) is 11.8 Å². The second-order valence-corrected chi connectivity index (χ2v) is 10.0. The van der Waals surface area contributed by atoms with Crippen molar-refractivity contribution in [1.29, 1.82) is 0 Å². The lowest BCUT2D eigenvalue weighted by molar-refractivity contribution is 0.0497. The summed E-state index contributed by atoms with van der Waals surface area (Å²) in [7, 11) is -1.68. The van der Waals surface area contributed by atoms with Crippen molar-refractivity contribution < 1.29 is 9.53 Å². The van der Waals surface area contributed by atoms with E-state index in [1.165, 1.54) is 0 Å². The predicted octanol–water partition coefficient (Wildman–Crippen LogP) is 2.64. The predicted molar refractivity (Wildman–Crippen MR) is 61.8 cm³/mol. The van der Waals surface area contributed by atoms with Gasteiger partial charge in [-0.2, -0.15) is 0 Å². The van der Waals surface area contributed by atoms with Crippen molar-refractivity contribution in [1.82, 2.24) is 0 Å². The van der Waals surface area contributed by atoms with E-state index >= 15 is 0 Å². The highest BCUT2D eigenvalue weighted by atomic mass is 28.4. The summed E-state index contributed by atoms with van der Waals surface area (Å²) in [5.41, 5.74) is 0.328. The van der Waals surface area contributed by atoms with Crippen LogP contribution in [-0.2, 0) is 4.43 Å². The fourth-order valence-corrected chi connectivity index (χ4v) is 7.07. The zero-order chi connectivity index (χ0) is 11.1. The molecule has 0 amide bonds. The Morgan fingerprint density at radius 2 is 1.86 bits per heavy atom. The molecule has 1 fully saturated rings. The Morgan fingerprint density at radius 3 is 2.14 bits per heavy atom. The van der Waals surface area contributed by atoms with Crippen molar-refractivity contribution in [3.8, 4) is 0 Å². The van der Waals surface area contributed by atoms with E-state index in [-0.39, 0.29) is 12.2 Å². The van der Waals surface area contributed by atoms with Gasteiger partial charge in [0.05, 0.1) is 5.60 Å². The SMILES string of the molecule is CC(C)[C@H]1[C@H](CO)[Si](C)(C)OC1(C)C. The fraction of sp³-hybridized carbons (Fsp3) is 1.00. The van der Waals surface area contributed by atoms with E-state index in [0.29, 0.717) is 17.4 Å². The normalized spacial score (nSPS) is 35.1. The van der Waals surface area contributed by atoms with Gasteiger partial charge in [0.1, 0.15) is 0 Å². The first-order chi connectivity index (χ1) is 6.22. The van der Waals surface area contributed by atoms with Gasteiger partial charge in [-0.05, 0) is 38.8 Å². The third kappa shape index (κ3) is 1.90. The summed E-state index contributed by atoms with van der Waals surface area (Å²) in [6, 6.07) is 0. The van der Waals surface area contributed by atoms with Gasteiger partial charge in [-0.3, -0.25) is 0 Å². The summed E-state index contributed by atoms with van der Waals surface area (Å²) in [5, 5.41) is 9.51. The van der Waals surface area contributed by atoms with Crippen LogP contribution in [0.1, 0.15) is 27.7 Å². The maximum absolute atomic E-state index is 9.51. The molecule has 0 aromatic rings. The molecule has 2 atom stereocenters. The van der Waals surface area contributed by atoms with E-state index in [4.69, 9.17) is 4.43 Å². The highest BCUT2D eigenvalue weighted by molar-refractivity contribution is 6.73. The summed E-state index contributed by atoms with van der Waals surface area (Å²) in [4.78, 5) is 0. The molecule has 0 aromatic heterocycles. The molecule has 2 nitrogen and oxygen atoms in total. The van der Waals surface area contributed by atoms with Gasteiger partial charge in [-0.1, -0.05) is 13.8 Å². The van der Waals surface area contributed by atoms with Crippen molar-refractivity contribution in [2.75, 3.05) is 6.61 Å². The van der Waals surface area contributed by atoms with E-state index in [1.807, 2.05) is 0 Å². The molecule has 0 aliphatic carbocycles. The minimum atomic E-state index is -1.68. The monoisotopic (exact) mass is 216 g/mol. The molecule has 1 saturated heterocycles. The van der Waals surface area contributed by atoms with Gasteiger partial charge in [0, 0.05) is 12.1 Å². The number of hydrogen-bond donors (Lipinski definition) is 1. The van der Waals surface area contributed by atoms with Crippen molar-refractivity contribution in [2.45, 2.75) is 51.9 Å². The van der Waals surface area contributed by atoms with E-state index in [2.05, 4.69) is 40.8 Å². The van der Waals surface area contributed by atoms with Crippen LogP contribution in [0.2, 0.25) is 18.6 Å². The van der Waals surface area contributed by atoms with Crippen LogP contribution in [0.25, 0.3) is 0 Å². The van der Waals surface area contributed by atoms with Crippen molar-refractivity contribution >= 4 is 8.32 Å². The molecule has 0 radical (unpaired) electrons. The Labute approximate surface area is 88.8 Å². The Hall–Kier alpha value is 0.137. The maximum atomic E-state index is 9.51. The van der Waals surface area contributed by atoms with Crippen LogP contribution < -0.4 is 0 Å². The molecule has 1 rings (SSSR count). The van der Waals surface area contributed by atoms with Gasteiger partial charge >= 0.3 is 0 Å². The highest BCUT2D eigenvalue weighted by Crippen LogP contribution is 2.51. The molecule has 3 heteroatoms. The lowest BCUT2D eigenvalue weighted by atomic mass is 9.80. The maximum Gasteiger partial charge on any atom is 0.193 e. The molecule has 14 heavy (non-hydrogen) atoms. The third-order valence-corrected chi connectivity index (χ3v) is 6.95. The van der Waals surface area contributed by atoms with Crippen molar-refractivity contribution in [3.63, 3.8) is 0 Å². The molecule has 84 valence electrons. The van der Waals surface area contributed by atoms with E-state index in [1.54, 1.807) is 0 Å². The summed E-state index contributed by atoms with van der Waals surface area (Å²) in [6.45, 7) is 13.5. The summed E-state index contributed by atoms with van der Waals surface area (Å²) < 4.78 is 6.19. The lowest BCUT2D eigenvalue weighted by Gasteiger charge is -2.32. The zero-order valence-corrected chi connectivity index (χ0v) is 11.3. The summed E-state index contributed by atoms with van der Waals surface area (Å²) in [5.74, 6) is 1.07. The number of aliphatic hydroxyl groups excluding tert-OH is 1. The molecule has 0 unspecified atom stereocenters. The molecule has 1 N–H and O–H groups in total. The third-order valence-electron chi connectivity index (χ3n) is 3.57. The quantitative estimate of drug-likeness (QED) is 0.719. The average molecular weight is 216 g/mol. The van der Waals surface area contributed by atoms with E-state index in [9.17, 15) is 5.11 Å². The molecular formula is C11H24O2Si. The number of hydrogen-bond acceptors (Lipinski definition) is 2. The average Bonchev–Trinajstić information content (AvgIpc) is 2.13. The highest BCUT2D eigenvalue weighted by Gasteiger charge is 2.55. The molecule has 0 spiro atoms. The minimum Gasteiger partial charge on any atom is -0.412 e. The molecule has 1 aliphatic rings. The van der Waals surface area contributed by atoms with Crippen LogP contribution in [0.5, 0.6) is 0 Å². The Morgan fingerprint density at radius 1 is 1.36 bits per heavy atom. The first kappa shape index (κ1) is 12.2. The first-order valence-corrected chi connectivity index (χ1v) is 8.52. The molecule has 0 bridgehead atoms. The Kier molecular flexibility index (Phi) is 3.15. The summed E-state index contributed by atoms with van der Waals surface area (Å²) in [6.07, 6.45) is 0. The number of aliphatic hydroxyl groups is 1. The van der Waals surface area contributed by atoms with Crippen LogP contribution in [0.15, 0.2) is 0 Å². The second kappa shape index (κ2) is 3.61. The molecule has 1 aliphatic heterocycles. The Bertz CT molecular complexity index is 211. The van der Waals surface area contributed by atoms with Crippen LogP contribution in [0.3, 0.4) is 0 Å². The molecule has 1 heterocycles. The van der Waals surface area contributed by atoms with Gasteiger partial charge in [0.15, 0.2) is 8.32 Å². The minimum absolute atomic E-state index is 0.0582. The number of rotatable bonds is 2. The Balaban J connectivity index is 3.00.